The lowest BCUT2D eigenvalue weighted by molar-refractivity contribution is 0.0314. The van der Waals surface area contributed by atoms with Crippen molar-refractivity contribution in [2.45, 2.75) is 0 Å². The summed E-state index contributed by atoms with van der Waals surface area (Å²) in [5.41, 5.74) is 0. The fraction of sp³-hybridized carbons (Fsp3) is 1.00. The average Bonchev–Trinajstić information content (AvgIpc) is 2.21. The van der Waals surface area contributed by atoms with E-state index in [1.165, 1.54) is 18.4 Å². The third-order valence-corrected chi connectivity index (χ3v) is 3.12. The molecule has 0 aliphatic carbocycles. The van der Waals surface area contributed by atoms with E-state index >= 15 is 0 Å². The van der Waals surface area contributed by atoms with Crippen LogP contribution in [0.5, 0.6) is 0 Å². The van der Waals surface area contributed by atoms with Gasteiger partial charge >= 0.3 is 0 Å². The van der Waals surface area contributed by atoms with Crippen LogP contribution in [0.25, 0.3) is 0 Å². The van der Waals surface area contributed by atoms with Gasteiger partial charge in [-0.1, -0.05) is 0 Å². The number of hydrogen-bond donors (Lipinski definition) is 0. The molecule has 0 aromatic heterocycles. The lowest BCUT2D eigenvalue weighted by Crippen LogP contribution is -2.09. The van der Waals surface area contributed by atoms with Crippen LogP contribution < -0.4 is 0 Å². The van der Waals surface area contributed by atoms with Crippen LogP contribution >= 0.6 is 60.8 Å². The van der Waals surface area contributed by atoms with Gasteiger partial charge in [0.2, 0.25) is 0 Å². The zero-order valence-corrected chi connectivity index (χ0v) is 13.4. The molecular weight excluding hydrogens is 454 g/mol. The second kappa shape index (κ2) is 15.0. The zero-order valence-electron chi connectivity index (χ0n) is 7.45. The minimum absolute atomic E-state index is 0.604. The van der Waals surface area contributed by atoms with Crippen LogP contribution in [0.1, 0.15) is 0 Å². The molecule has 0 aromatic carbocycles. The maximum atomic E-state index is 5.23. The van der Waals surface area contributed by atoms with Crippen molar-refractivity contribution in [3.05, 3.63) is 0 Å². The first-order chi connectivity index (χ1) is 6.91. The number of rotatable bonds is 11. The van der Waals surface area contributed by atoms with Gasteiger partial charge in [0.05, 0.1) is 58.1 Å². The summed E-state index contributed by atoms with van der Waals surface area (Å²) in [6.07, 6.45) is 0. The maximum Gasteiger partial charge on any atom is 0.0857 e. The minimum atomic E-state index is 0.604. The first kappa shape index (κ1) is 16.0. The first-order valence-electron chi connectivity index (χ1n) is 3.87. The largest absolute Gasteiger partial charge is 0.377 e. The van der Waals surface area contributed by atoms with E-state index in [4.69, 9.17) is 17.8 Å². The Kier molecular flexibility index (Phi) is 17.1. The summed E-state index contributed by atoms with van der Waals surface area (Å²) in [4.78, 5) is 0. The van der Waals surface area contributed by atoms with Gasteiger partial charge in [-0.2, -0.15) is 0 Å². The Morgan fingerprint density at radius 3 is 1.36 bits per heavy atom. The van der Waals surface area contributed by atoms with Crippen LogP contribution in [0, 0.1) is 0 Å². The van der Waals surface area contributed by atoms with Crippen LogP contribution in [0.3, 0.4) is 0 Å². The smallest absolute Gasteiger partial charge is 0.0857 e. The lowest BCUT2D eigenvalue weighted by Gasteiger charge is -2.04. The SMILES string of the molecule is ISOCCOCCOCCOSI. The van der Waals surface area contributed by atoms with E-state index in [2.05, 4.69) is 42.4 Å². The van der Waals surface area contributed by atoms with Gasteiger partial charge in [-0.05, 0) is 0 Å². The highest BCUT2D eigenvalue weighted by molar-refractivity contribution is 14.2. The third-order valence-electron chi connectivity index (χ3n) is 1.08. The topological polar surface area (TPSA) is 36.9 Å². The molecule has 0 bridgehead atoms. The Morgan fingerprint density at radius 2 is 1.00 bits per heavy atom. The highest BCUT2D eigenvalue weighted by Gasteiger charge is 1.91. The fourth-order valence-electron chi connectivity index (χ4n) is 0.571. The van der Waals surface area contributed by atoms with Gasteiger partial charge in [0.1, 0.15) is 0 Å². The predicted octanol–water partition coefficient (Wildman–Crippen LogP) is 3.05. The molecule has 0 aliphatic heterocycles. The van der Waals surface area contributed by atoms with Crippen molar-refractivity contribution in [3.63, 3.8) is 0 Å². The molecule has 0 heterocycles. The molecule has 0 atom stereocenters. The Labute approximate surface area is 117 Å². The van der Waals surface area contributed by atoms with Crippen LogP contribution in [0.4, 0.5) is 0 Å². The minimum Gasteiger partial charge on any atom is -0.377 e. The molecule has 0 amide bonds. The molecule has 0 aliphatic rings. The number of ether oxygens (including phenoxy) is 2. The molecule has 0 unspecified atom stereocenters. The highest BCUT2D eigenvalue weighted by atomic mass is 127. The van der Waals surface area contributed by atoms with E-state index < -0.39 is 0 Å². The van der Waals surface area contributed by atoms with E-state index in [1.807, 2.05) is 0 Å². The lowest BCUT2D eigenvalue weighted by atomic mass is 10.7. The van der Waals surface area contributed by atoms with Gasteiger partial charge in [0, 0.05) is 42.4 Å². The van der Waals surface area contributed by atoms with Crippen LogP contribution in [-0.2, 0) is 17.8 Å². The summed E-state index contributed by atoms with van der Waals surface area (Å²) in [5, 5.41) is 0. The van der Waals surface area contributed by atoms with Gasteiger partial charge in [-0.25, -0.2) is 0 Å². The molecule has 0 aromatic rings. The van der Waals surface area contributed by atoms with E-state index in [0.29, 0.717) is 39.6 Å². The van der Waals surface area contributed by atoms with Crippen molar-refractivity contribution in [1.82, 2.24) is 0 Å². The van der Waals surface area contributed by atoms with E-state index in [0.717, 1.165) is 0 Å². The maximum absolute atomic E-state index is 5.23. The Balaban J connectivity index is 2.78. The second-order valence-corrected chi connectivity index (χ2v) is 4.88. The summed E-state index contributed by atoms with van der Waals surface area (Å²) >= 11 is 4.14. The molecule has 0 fully saturated rings. The third kappa shape index (κ3) is 14.0. The molecule has 86 valence electrons. The molecule has 0 N–H and O–H groups in total. The molecule has 0 spiro atoms. The summed E-state index contributed by atoms with van der Waals surface area (Å²) < 4.78 is 20.5. The van der Waals surface area contributed by atoms with Gasteiger partial charge in [0.25, 0.3) is 0 Å². The van der Waals surface area contributed by atoms with Crippen molar-refractivity contribution in [1.29, 1.82) is 0 Å². The fourth-order valence-corrected chi connectivity index (χ4v) is 1.91. The standard InChI is InChI=1S/C6H12I2O4S2/c7-13-11-5-3-9-1-2-10-4-6-12-14-8/h1-6H2. The van der Waals surface area contributed by atoms with E-state index in [9.17, 15) is 0 Å². The van der Waals surface area contributed by atoms with Crippen molar-refractivity contribution in [3.8, 4) is 0 Å². The highest BCUT2D eigenvalue weighted by Crippen LogP contribution is 2.11. The van der Waals surface area contributed by atoms with Crippen LogP contribution in [0.15, 0.2) is 0 Å². The van der Waals surface area contributed by atoms with Crippen molar-refractivity contribution in [2.75, 3.05) is 39.6 Å². The molecule has 0 saturated heterocycles. The van der Waals surface area contributed by atoms with Crippen molar-refractivity contribution in [2.24, 2.45) is 0 Å². The Hall–Kier alpha value is 2.00. The summed E-state index contributed by atoms with van der Waals surface area (Å²) in [6.45, 7) is 3.66. The molecule has 4 nitrogen and oxygen atoms in total. The Morgan fingerprint density at radius 1 is 0.643 bits per heavy atom. The summed E-state index contributed by atoms with van der Waals surface area (Å²) in [7, 11) is 2.64. The quantitative estimate of drug-likeness (QED) is 0.265. The second-order valence-electron chi connectivity index (χ2n) is 1.99. The first-order valence-corrected chi connectivity index (χ1v) is 10.4. The van der Waals surface area contributed by atoms with Gasteiger partial charge in [-0.15, -0.1) is 0 Å². The molecule has 8 heteroatoms. The summed E-state index contributed by atoms with van der Waals surface area (Å²) in [5.74, 6) is 0. The molecule has 14 heavy (non-hydrogen) atoms. The molecular formula is C6H12I2O4S2. The van der Waals surface area contributed by atoms with E-state index in [1.54, 1.807) is 0 Å². The number of hydrogen-bond acceptors (Lipinski definition) is 6. The van der Waals surface area contributed by atoms with Gasteiger partial charge in [0.15, 0.2) is 0 Å². The summed E-state index contributed by atoms with van der Waals surface area (Å²) in [6, 6.07) is 0. The van der Waals surface area contributed by atoms with Crippen molar-refractivity contribution < 1.29 is 17.8 Å². The van der Waals surface area contributed by atoms with Crippen LogP contribution in [0.2, 0.25) is 0 Å². The predicted molar refractivity (Wildman–Crippen MR) is 76.8 cm³/mol. The van der Waals surface area contributed by atoms with Crippen molar-refractivity contribution >= 4 is 60.8 Å². The molecule has 0 saturated carbocycles. The Bertz CT molecular complexity index is 99.8. The van der Waals surface area contributed by atoms with Crippen LogP contribution in [-0.4, -0.2) is 39.6 Å². The normalized spacial score (nSPS) is 10.7. The zero-order chi connectivity index (χ0) is 10.5. The molecule has 0 radical (unpaired) electrons. The average molecular weight is 466 g/mol. The van der Waals surface area contributed by atoms with Gasteiger partial charge in [-0.3, -0.25) is 0 Å². The van der Waals surface area contributed by atoms with Gasteiger partial charge < -0.3 is 17.8 Å². The molecule has 0 rings (SSSR count). The number of halogens is 2. The van der Waals surface area contributed by atoms with E-state index in [-0.39, 0.29) is 0 Å². The monoisotopic (exact) mass is 466 g/mol.